The quantitative estimate of drug-likeness (QED) is 0.504. The molecule has 0 amide bonds. The molecule has 2 heterocycles. The van der Waals surface area contributed by atoms with Crippen molar-refractivity contribution in [3.8, 4) is 0 Å². The lowest BCUT2D eigenvalue weighted by Gasteiger charge is -2.06. The summed E-state index contributed by atoms with van der Waals surface area (Å²) in [6.45, 7) is 2.07. The molecule has 0 aromatic carbocycles. The van der Waals surface area contributed by atoms with E-state index in [9.17, 15) is 0 Å². The number of rotatable bonds is 5. The highest BCUT2D eigenvalue weighted by atomic mass is 15.3. The molecule has 3 N–H and O–H groups in total. The largest absolute Gasteiger partial charge is 0.397 e. The average Bonchev–Trinajstić information content (AvgIpc) is 2.60. The van der Waals surface area contributed by atoms with Crippen molar-refractivity contribution >= 4 is 17.2 Å². The van der Waals surface area contributed by atoms with Gasteiger partial charge in [-0.1, -0.05) is 19.1 Å². The molecular formula is C17H20N6. The fraction of sp³-hybridized carbons (Fsp3) is 0.176. The maximum atomic E-state index is 5.65. The number of nitrogens with zero attached hydrogens (tertiary/aromatic N) is 4. The maximum absolute atomic E-state index is 5.65. The molecule has 0 radical (unpaired) electrons. The Morgan fingerprint density at radius 2 is 2.09 bits per heavy atom. The number of hydrogen-bond acceptors (Lipinski definition) is 5. The standard InChI is InChI=1S/C17H20N6/c1-3-4-7-15(14-8-5-6-11-20-14)22-23-17(19-2)16-10-9-13(18)12-21-16/h4-12H,3,18H2,1-2H3,(H,19,23)/b7-4+,22-15-. The first-order valence-electron chi connectivity index (χ1n) is 7.35. The summed E-state index contributed by atoms with van der Waals surface area (Å²) < 4.78 is 0. The van der Waals surface area contributed by atoms with Gasteiger partial charge in [-0.05, 0) is 36.8 Å². The molecule has 0 atom stereocenters. The van der Waals surface area contributed by atoms with E-state index in [0.29, 0.717) is 17.2 Å². The molecule has 0 unspecified atom stereocenters. The lowest BCUT2D eigenvalue weighted by atomic mass is 10.2. The second-order valence-electron chi connectivity index (χ2n) is 4.68. The van der Waals surface area contributed by atoms with Crippen LogP contribution < -0.4 is 11.2 Å². The number of hydrazone groups is 1. The molecule has 0 fully saturated rings. The Bertz CT molecular complexity index is 702. The van der Waals surface area contributed by atoms with Gasteiger partial charge >= 0.3 is 0 Å². The first-order valence-corrected chi connectivity index (χ1v) is 7.35. The van der Waals surface area contributed by atoms with Gasteiger partial charge in [0.2, 0.25) is 0 Å². The molecule has 0 spiro atoms. The fourth-order valence-corrected chi connectivity index (χ4v) is 1.80. The van der Waals surface area contributed by atoms with Gasteiger partial charge in [0.15, 0.2) is 5.84 Å². The third kappa shape index (κ3) is 4.74. The summed E-state index contributed by atoms with van der Waals surface area (Å²) in [6, 6.07) is 9.27. The summed E-state index contributed by atoms with van der Waals surface area (Å²) in [5, 5.41) is 4.42. The molecule has 23 heavy (non-hydrogen) atoms. The van der Waals surface area contributed by atoms with Crippen LogP contribution in [0, 0.1) is 0 Å². The molecule has 0 aliphatic heterocycles. The van der Waals surface area contributed by atoms with E-state index in [1.165, 1.54) is 0 Å². The highest BCUT2D eigenvalue weighted by molar-refractivity contribution is 6.08. The van der Waals surface area contributed by atoms with Crippen LogP contribution in [0.1, 0.15) is 24.7 Å². The summed E-state index contributed by atoms with van der Waals surface area (Å²) in [5.74, 6) is 0.559. The molecule has 6 heteroatoms. The van der Waals surface area contributed by atoms with Gasteiger partial charge in [-0.25, -0.2) is 0 Å². The van der Waals surface area contributed by atoms with Gasteiger partial charge in [0.25, 0.3) is 0 Å². The number of nitrogens with two attached hydrogens (primary N) is 1. The zero-order valence-corrected chi connectivity index (χ0v) is 13.3. The Hall–Kier alpha value is -3.02. The Kier molecular flexibility index (Phi) is 5.99. The van der Waals surface area contributed by atoms with Crippen LogP contribution in [-0.4, -0.2) is 28.6 Å². The predicted molar refractivity (Wildman–Crippen MR) is 94.5 cm³/mol. The van der Waals surface area contributed by atoms with Gasteiger partial charge in [-0.2, -0.15) is 5.10 Å². The van der Waals surface area contributed by atoms with Crippen molar-refractivity contribution in [2.24, 2.45) is 10.1 Å². The van der Waals surface area contributed by atoms with E-state index in [1.54, 1.807) is 31.6 Å². The van der Waals surface area contributed by atoms with Crippen LogP contribution in [0.5, 0.6) is 0 Å². The molecule has 0 saturated carbocycles. The molecule has 2 aromatic rings. The Morgan fingerprint density at radius 1 is 1.22 bits per heavy atom. The molecule has 2 rings (SSSR count). The number of aromatic nitrogens is 2. The van der Waals surface area contributed by atoms with Crippen LogP contribution in [0.3, 0.4) is 0 Å². The zero-order valence-electron chi connectivity index (χ0n) is 13.3. The van der Waals surface area contributed by atoms with Crippen LogP contribution in [0.4, 0.5) is 5.69 Å². The average molecular weight is 308 g/mol. The number of pyridine rings is 2. The Balaban J connectivity index is 2.25. The fourth-order valence-electron chi connectivity index (χ4n) is 1.80. The molecule has 2 aromatic heterocycles. The van der Waals surface area contributed by atoms with E-state index in [4.69, 9.17) is 5.73 Å². The third-order valence-electron chi connectivity index (χ3n) is 2.97. The minimum Gasteiger partial charge on any atom is -0.397 e. The molecule has 0 aliphatic carbocycles. The normalized spacial score (nSPS) is 12.6. The van der Waals surface area contributed by atoms with Gasteiger partial charge in [0.1, 0.15) is 11.4 Å². The Labute approximate surface area is 135 Å². The van der Waals surface area contributed by atoms with E-state index in [-0.39, 0.29) is 0 Å². The first kappa shape index (κ1) is 16.4. The molecule has 0 saturated heterocycles. The van der Waals surface area contributed by atoms with Gasteiger partial charge in [-0.3, -0.25) is 20.4 Å². The number of nitrogen functional groups attached to an aromatic ring is 1. The zero-order chi connectivity index (χ0) is 16.5. The van der Waals surface area contributed by atoms with Gasteiger partial charge in [-0.15, -0.1) is 0 Å². The minimum atomic E-state index is 0.559. The summed E-state index contributed by atoms with van der Waals surface area (Å²) in [5.41, 5.74) is 11.4. The van der Waals surface area contributed by atoms with Gasteiger partial charge < -0.3 is 5.73 Å². The van der Waals surface area contributed by atoms with E-state index >= 15 is 0 Å². The number of anilines is 1. The molecule has 118 valence electrons. The number of allylic oxidation sites excluding steroid dienone is 2. The summed E-state index contributed by atoms with van der Waals surface area (Å²) in [6.07, 6.45) is 8.20. The smallest absolute Gasteiger partial charge is 0.167 e. The van der Waals surface area contributed by atoms with E-state index < -0.39 is 0 Å². The van der Waals surface area contributed by atoms with Crippen LogP contribution >= 0.6 is 0 Å². The number of aliphatic imine (C=N–C) groups is 1. The summed E-state index contributed by atoms with van der Waals surface area (Å²) in [7, 11) is 1.68. The number of amidine groups is 1. The molecular weight excluding hydrogens is 288 g/mol. The van der Waals surface area contributed by atoms with Crippen molar-refractivity contribution in [3.05, 3.63) is 66.3 Å². The van der Waals surface area contributed by atoms with Crippen LogP contribution in [0.2, 0.25) is 0 Å². The number of nitrogens with one attached hydrogen (secondary N) is 1. The van der Waals surface area contributed by atoms with Crippen molar-refractivity contribution < 1.29 is 0 Å². The van der Waals surface area contributed by atoms with E-state index in [1.807, 2.05) is 30.4 Å². The van der Waals surface area contributed by atoms with Gasteiger partial charge in [0, 0.05) is 13.2 Å². The second-order valence-corrected chi connectivity index (χ2v) is 4.68. The van der Waals surface area contributed by atoms with E-state index in [2.05, 4.69) is 32.4 Å². The van der Waals surface area contributed by atoms with Crippen molar-refractivity contribution in [3.63, 3.8) is 0 Å². The van der Waals surface area contributed by atoms with Crippen molar-refractivity contribution in [2.75, 3.05) is 12.8 Å². The lowest BCUT2D eigenvalue weighted by Crippen LogP contribution is -2.22. The first-order chi connectivity index (χ1) is 11.2. The van der Waals surface area contributed by atoms with Crippen molar-refractivity contribution in [2.45, 2.75) is 13.3 Å². The highest BCUT2D eigenvalue weighted by Gasteiger charge is 2.05. The third-order valence-corrected chi connectivity index (χ3v) is 2.97. The van der Waals surface area contributed by atoms with Crippen LogP contribution in [-0.2, 0) is 0 Å². The van der Waals surface area contributed by atoms with Crippen LogP contribution in [0.25, 0.3) is 0 Å². The second kappa shape index (κ2) is 8.43. The highest BCUT2D eigenvalue weighted by Crippen LogP contribution is 2.03. The SMILES string of the molecule is CC/C=C/C(=N/NC(=NC)c1ccc(N)cn1)c1ccccn1. The van der Waals surface area contributed by atoms with Crippen molar-refractivity contribution in [1.29, 1.82) is 0 Å². The lowest BCUT2D eigenvalue weighted by molar-refractivity contribution is 1.00. The van der Waals surface area contributed by atoms with Crippen LogP contribution in [0.15, 0.2) is 65.0 Å². The predicted octanol–water partition coefficient (Wildman–Crippen LogP) is 2.40. The summed E-state index contributed by atoms with van der Waals surface area (Å²) >= 11 is 0. The summed E-state index contributed by atoms with van der Waals surface area (Å²) in [4.78, 5) is 12.8. The van der Waals surface area contributed by atoms with Gasteiger partial charge in [0.05, 0.1) is 17.6 Å². The molecule has 0 bridgehead atoms. The molecule has 6 nitrogen and oxygen atoms in total. The van der Waals surface area contributed by atoms with Crippen molar-refractivity contribution in [1.82, 2.24) is 15.4 Å². The topological polar surface area (TPSA) is 88.5 Å². The maximum Gasteiger partial charge on any atom is 0.167 e. The molecule has 0 aliphatic rings. The monoisotopic (exact) mass is 308 g/mol. The number of hydrogen-bond donors (Lipinski definition) is 2. The Morgan fingerprint density at radius 3 is 2.70 bits per heavy atom. The minimum absolute atomic E-state index is 0.559. The van der Waals surface area contributed by atoms with E-state index in [0.717, 1.165) is 17.8 Å².